The molecule has 0 spiro atoms. The molecular formula is C20H19FN4O. The second kappa shape index (κ2) is 8.11. The predicted octanol–water partition coefficient (Wildman–Crippen LogP) is 4.25. The van der Waals surface area contributed by atoms with E-state index in [-0.39, 0.29) is 5.82 Å². The highest BCUT2D eigenvalue weighted by Gasteiger charge is 2.01. The highest BCUT2D eigenvalue weighted by molar-refractivity contribution is 5.92. The van der Waals surface area contributed by atoms with E-state index >= 15 is 0 Å². The van der Waals surface area contributed by atoms with Crippen LogP contribution in [0.15, 0.2) is 71.9 Å². The SMILES string of the molecule is Cc1cccc(NC(N)=NCc2ccc(Oc3ccc(F)cc3)nc2)c1. The van der Waals surface area contributed by atoms with Crippen molar-refractivity contribution in [3.8, 4) is 11.6 Å². The number of pyridine rings is 1. The van der Waals surface area contributed by atoms with Crippen LogP contribution in [0.1, 0.15) is 11.1 Å². The van der Waals surface area contributed by atoms with Crippen molar-refractivity contribution in [1.82, 2.24) is 4.98 Å². The monoisotopic (exact) mass is 350 g/mol. The van der Waals surface area contributed by atoms with Crippen LogP contribution in [0.5, 0.6) is 11.6 Å². The molecule has 1 heterocycles. The molecule has 5 nitrogen and oxygen atoms in total. The van der Waals surface area contributed by atoms with Crippen LogP contribution in [0.4, 0.5) is 10.1 Å². The molecule has 132 valence electrons. The van der Waals surface area contributed by atoms with E-state index in [0.717, 1.165) is 16.8 Å². The molecule has 0 aliphatic carbocycles. The first kappa shape index (κ1) is 17.4. The van der Waals surface area contributed by atoms with E-state index in [0.29, 0.717) is 24.1 Å². The molecule has 6 heteroatoms. The van der Waals surface area contributed by atoms with Crippen molar-refractivity contribution in [2.45, 2.75) is 13.5 Å². The molecule has 0 aliphatic rings. The van der Waals surface area contributed by atoms with Crippen molar-refractivity contribution in [3.63, 3.8) is 0 Å². The molecule has 0 saturated heterocycles. The van der Waals surface area contributed by atoms with Gasteiger partial charge in [0.05, 0.1) is 6.54 Å². The maximum Gasteiger partial charge on any atom is 0.219 e. The maximum atomic E-state index is 12.9. The first-order chi connectivity index (χ1) is 12.6. The number of ether oxygens (including phenoxy) is 1. The Morgan fingerprint density at radius 3 is 2.65 bits per heavy atom. The lowest BCUT2D eigenvalue weighted by molar-refractivity contribution is 0.461. The van der Waals surface area contributed by atoms with E-state index in [9.17, 15) is 4.39 Å². The van der Waals surface area contributed by atoms with Crippen LogP contribution in [-0.2, 0) is 6.54 Å². The summed E-state index contributed by atoms with van der Waals surface area (Å²) < 4.78 is 18.4. The number of nitrogens with zero attached hydrogens (tertiary/aromatic N) is 2. The number of halogens is 1. The number of aromatic nitrogens is 1. The lowest BCUT2D eigenvalue weighted by atomic mass is 10.2. The number of hydrogen-bond acceptors (Lipinski definition) is 3. The summed E-state index contributed by atoms with van der Waals surface area (Å²) in [5, 5.41) is 3.05. The zero-order chi connectivity index (χ0) is 18.4. The third-order valence-electron chi connectivity index (χ3n) is 3.56. The van der Waals surface area contributed by atoms with Gasteiger partial charge in [0.2, 0.25) is 5.88 Å². The lowest BCUT2D eigenvalue weighted by Gasteiger charge is -2.07. The van der Waals surface area contributed by atoms with Crippen LogP contribution in [0.25, 0.3) is 0 Å². The molecule has 0 amide bonds. The molecule has 0 aliphatic heterocycles. The summed E-state index contributed by atoms with van der Waals surface area (Å²) in [4.78, 5) is 8.53. The van der Waals surface area contributed by atoms with Gasteiger partial charge < -0.3 is 15.8 Å². The second-order valence-corrected chi connectivity index (χ2v) is 5.76. The van der Waals surface area contributed by atoms with Crippen LogP contribution < -0.4 is 15.8 Å². The van der Waals surface area contributed by atoms with Crippen LogP contribution in [0.2, 0.25) is 0 Å². The molecule has 2 aromatic carbocycles. The van der Waals surface area contributed by atoms with Crippen molar-refractivity contribution in [1.29, 1.82) is 0 Å². The topological polar surface area (TPSA) is 72.5 Å². The highest BCUT2D eigenvalue weighted by atomic mass is 19.1. The fourth-order valence-corrected chi connectivity index (χ4v) is 2.27. The number of guanidine groups is 1. The minimum atomic E-state index is -0.310. The Morgan fingerprint density at radius 2 is 1.96 bits per heavy atom. The van der Waals surface area contributed by atoms with Gasteiger partial charge in [0.1, 0.15) is 11.6 Å². The first-order valence-electron chi connectivity index (χ1n) is 8.10. The van der Waals surface area contributed by atoms with Crippen molar-refractivity contribution >= 4 is 11.6 Å². The van der Waals surface area contributed by atoms with Gasteiger partial charge >= 0.3 is 0 Å². The quantitative estimate of drug-likeness (QED) is 0.533. The van der Waals surface area contributed by atoms with Gasteiger partial charge in [-0.3, -0.25) is 0 Å². The molecule has 1 aromatic heterocycles. The minimum absolute atomic E-state index is 0.310. The Morgan fingerprint density at radius 1 is 1.15 bits per heavy atom. The smallest absolute Gasteiger partial charge is 0.219 e. The summed E-state index contributed by atoms with van der Waals surface area (Å²) in [6.45, 7) is 2.41. The zero-order valence-corrected chi connectivity index (χ0v) is 14.3. The van der Waals surface area contributed by atoms with Crippen LogP contribution in [-0.4, -0.2) is 10.9 Å². The van der Waals surface area contributed by atoms with Crippen molar-refractivity contribution in [2.24, 2.45) is 10.7 Å². The molecule has 3 N–H and O–H groups in total. The zero-order valence-electron chi connectivity index (χ0n) is 14.3. The van der Waals surface area contributed by atoms with Gasteiger partial charge in [-0.25, -0.2) is 14.4 Å². The number of aryl methyl sites for hydroxylation is 1. The fraction of sp³-hybridized carbons (Fsp3) is 0.100. The number of nitrogens with two attached hydrogens (primary N) is 1. The second-order valence-electron chi connectivity index (χ2n) is 5.76. The van der Waals surface area contributed by atoms with Crippen molar-refractivity contribution in [2.75, 3.05) is 5.32 Å². The maximum absolute atomic E-state index is 12.9. The van der Waals surface area contributed by atoms with Crippen LogP contribution >= 0.6 is 0 Å². The van der Waals surface area contributed by atoms with Gasteiger partial charge in [-0.15, -0.1) is 0 Å². The summed E-state index contributed by atoms with van der Waals surface area (Å²) in [6.07, 6.45) is 1.67. The Hall–Kier alpha value is -3.41. The number of benzene rings is 2. The van der Waals surface area contributed by atoms with Crippen LogP contribution in [0, 0.1) is 12.7 Å². The van der Waals surface area contributed by atoms with Gasteiger partial charge in [0.15, 0.2) is 5.96 Å². The molecule has 3 aromatic rings. The number of hydrogen-bond donors (Lipinski definition) is 2. The summed E-state index contributed by atoms with van der Waals surface area (Å²) in [6, 6.07) is 17.2. The third kappa shape index (κ3) is 5.04. The Bertz CT molecular complexity index is 892. The summed E-state index contributed by atoms with van der Waals surface area (Å²) >= 11 is 0. The largest absolute Gasteiger partial charge is 0.439 e. The molecule has 0 unspecified atom stereocenters. The summed E-state index contributed by atoms with van der Waals surface area (Å²) in [5.41, 5.74) is 8.84. The van der Waals surface area contributed by atoms with E-state index in [1.165, 1.54) is 12.1 Å². The fourth-order valence-electron chi connectivity index (χ4n) is 2.27. The van der Waals surface area contributed by atoms with E-state index in [2.05, 4.69) is 15.3 Å². The van der Waals surface area contributed by atoms with E-state index in [4.69, 9.17) is 10.5 Å². The molecule has 0 atom stereocenters. The van der Waals surface area contributed by atoms with Crippen LogP contribution in [0.3, 0.4) is 0 Å². The Balaban J connectivity index is 1.57. The van der Waals surface area contributed by atoms with E-state index < -0.39 is 0 Å². The Kier molecular flexibility index (Phi) is 5.43. The molecule has 0 bridgehead atoms. The van der Waals surface area contributed by atoms with E-state index in [1.54, 1.807) is 24.4 Å². The van der Waals surface area contributed by atoms with Gasteiger partial charge in [-0.2, -0.15) is 0 Å². The Labute approximate surface area is 151 Å². The number of nitrogens with one attached hydrogen (secondary N) is 1. The van der Waals surface area contributed by atoms with Gasteiger partial charge in [0.25, 0.3) is 0 Å². The predicted molar refractivity (Wildman–Crippen MR) is 101 cm³/mol. The minimum Gasteiger partial charge on any atom is -0.439 e. The average molecular weight is 350 g/mol. The standard InChI is InChI=1S/C20H19FN4O/c1-14-3-2-4-17(11-14)25-20(22)24-13-15-5-10-19(23-12-15)26-18-8-6-16(21)7-9-18/h2-12H,13H2,1H3,(H3,22,24,25). The molecule has 0 fully saturated rings. The van der Waals surface area contributed by atoms with Gasteiger partial charge in [-0.05, 0) is 54.4 Å². The molecule has 3 rings (SSSR count). The van der Waals surface area contributed by atoms with Crippen molar-refractivity contribution < 1.29 is 9.13 Å². The molecule has 26 heavy (non-hydrogen) atoms. The number of aliphatic imine (C=N–C) groups is 1. The molecule has 0 radical (unpaired) electrons. The summed E-state index contributed by atoms with van der Waals surface area (Å²) in [7, 11) is 0. The van der Waals surface area contributed by atoms with E-state index in [1.807, 2.05) is 37.3 Å². The highest BCUT2D eigenvalue weighted by Crippen LogP contribution is 2.19. The normalized spacial score (nSPS) is 11.2. The summed E-state index contributed by atoms with van der Waals surface area (Å²) in [5.74, 6) is 0.976. The third-order valence-corrected chi connectivity index (χ3v) is 3.56. The number of rotatable bonds is 5. The lowest BCUT2D eigenvalue weighted by Crippen LogP contribution is -2.22. The van der Waals surface area contributed by atoms with Gasteiger partial charge in [0, 0.05) is 18.0 Å². The molecular weight excluding hydrogens is 331 g/mol. The first-order valence-corrected chi connectivity index (χ1v) is 8.10. The van der Waals surface area contributed by atoms with Gasteiger partial charge in [-0.1, -0.05) is 18.2 Å². The molecule has 0 saturated carbocycles. The van der Waals surface area contributed by atoms with Crippen molar-refractivity contribution in [3.05, 3.63) is 83.8 Å². The average Bonchev–Trinajstić information content (AvgIpc) is 2.63. The number of anilines is 1.